The fraction of sp³-hybridized carbons (Fsp3) is 0.333. The van der Waals surface area contributed by atoms with Crippen molar-refractivity contribution in [2.24, 2.45) is 0 Å². The van der Waals surface area contributed by atoms with Crippen molar-refractivity contribution >= 4 is 23.2 Å². The molecule has 2 aromatic rings. The molecule has 0 radical (unpaired) electrons. The van der Waals surface area contributed by atoms with Crippen LogP contribution in [-0.4, -0.2) is 24.5 Å². The lowest BCUT2D eigenvalue weighted by Gasteiger charge is -2.21. The Balaban J connectivity index is 1.81. The third-order valence-corrected chi connectivity index (χ3v) is 4.51. The first-order chi connectivity index (χ1) is 12.4. The van der Waals surface area contributed by atoms with Crippen molar-refractivity contribution in [2.45, 2.75) is 40.2 Å². The van der Waals surface area contributed by atoms with Gasteiger partial charge in [0, 0.05) is 5.69 Å². The van der Waals surface area contributed by atoms with Gasteiger partial charge in [-0.05, 0) is 63.1 Å². The maximum atomic E-state index is 12.9. The Morgan fingerprint density at radius 1 is 1.08 bits per heavy atom. The summed E-state index contributed by atoms with van der Waals surface area (Å²) in [5.74, 6) is 0.395. The Morgan fingerprint density at radius 3 is 2.27 bits per heavy atom. The van der Waals surface area contributed by atoms with Crippen LogP contribution in [0.5, 0.6) is 5.75 Å². The maximum absolute atomic E-state index is 12.9. The molecule has 0 spiro atoms. The van der Waals surface area contributed by atoms with Gasteiger partial charge < -0.3 is 10.1 Å². The SMILES string of the molecule is CCOc1ccc(N[C@@H]2CC(=O)N(c3c(C)cc(C)cc3C)C2=O)cc1. The largest absolute Gasteiger partial charge is 0.494 e. The fourth-order valence-corrected chi connectivity index (χ4v) is 3.52. The van der Waals surface area contributed by atoms with Crippen molar-refractivity contribution in [2.75, 3.05) is 16.8 Å². The highest BCUT2D eigenvalue weighted by Crippen LogP contribution is 2.31. The lowest BCUT2D eigenvalue weighted by atomic mass is 10.0. The van der Waals surface area contributed by atoms with Crippen molar-refractivity contribution in [3.8, 4) is 5.75 Å². The average molecular weight is 352 g/mol. The monoisotopic (exact) mass is 352 g/mol. The van der Waals surface area contributed by atoms with Gasteiger partial charge in [0.2, 0.25) is 5.91 Å². The fourth-order valence-electron chi connectivity index (χ4n) is 3.52. The van der Waals surface area contributed by atoms with E-state index in [1.165, 1.54) is 4.90 Å². The molecule has 1 atom stereocenters. The highest BCUT2D eigenvalue weighted by atomic mass is 16.5. The highest BCUT2D eigenvalue weighted by Gasteiger charge is 2.40. The van der Waals surface area contributed by atoms with E-state index in [9.17, 15) is 9.59 Å². The van der Waals surface area contributed by atoms with Crippen LogP contribution < -0.4 is 15.0 Å². The molecular weight excluding hydrogens is 328 g/mol. The van der Waals surface area contributed by atoms with Gasteiger partial charge in [-0.15, -0.1) is 0 Å². The second-order valence-corrected chi connectivity index (χ2v) is 6.67. The number of hydrogen-bond donors (Lipinski definition) is 1. The molecule has 2 amide bonds. The molecule has 1 saturated heterocycles. The first-order valence-corrected chi connectivity index (χ1v) is 8.84. The van der Waals surface area contributed by atoms with E-state index in [4.69, 9.17) is 4.74 Å². The molecule has 1 aliphatic heterocycles. The van der Waals surface area contributed by atoms with Crippen LogP contribution >= 0.6 is 0 Å². The van der Waals surface area contributed by atoms with Gasteiger partial charge >= 0.3 is 0 Å². The minimum atomic E-state index is -0.555. The van der Waals surface area contributed by atoms with Gasteiger partial charge in [-0.25, -0.2) is 4.90 Å². The number of nitrogens with zero attached hydrogens (tertiary/aromatic N) is 1. The van der Waals surface area contributed by atoms with Crippen LogP contribution in [0.25, 0.3) is 0 Å². The summed E-state index contributed by atoms with van der Waals surface area (Å²) in [6.45, 7) is 8.41. The minimum absolute atomic E-state index is 0.152. The van der Waals surface area contributed by atoms with Crippen molar-refractivity contribution in [1.29, 1.82) is 0 Å². The Bertz CT molecular complexity index is 820. The number of benzene rings is 2. The Morgan fingerprint density at radius 2 is 1.69 bits per heavy atom. The van der Waals surface area contributed by atoms with E-state index in [1.54, 1.807) is 0 Å². The van der Waals surface area contributed by atoms with Crippen molar-refractivity contribution in [3.63, 3.8) is 0 Å². The van der Waals surface area contributed by atoms with Gasteiger partial charge in [0.1, 0.15) is 11.8 Å². The third-order valence-electron chi connectivity index (χ3n) is 4.51. The summed E-state index contributed by atoms with van der Waals surface area (Å²) in [6, 6.07) is 10.8. The van der Waals surface area contributed by atoms with Crippen LogP contribution in [0.3, 0.4) is 0 Å². The summed E-state index contributed by atoms with van der Waals surface area (Å²) in [7, 11) is 0. The van der Waals surface area contributed by atoms with E-state index in [1.807, 2.05) is 64.1 Å². The number of rotatable bonds is 5. The molecule has 0 bridgehead atoms. The minimum Gasteiger partial charge on any atom is -0.494 e. The highest BCUT2D eigenvalue weighted by molar-refractivity contribution is 6.23. The number of carbonyl (C=O) groups excluding carboxylic acids is 2. The van der Waals surface area contributed by atoms with Crippen LogP contribution in [0, 0.1) is 20.8 Å². The Kier molecular flexibility index (Phi) is 4.98. The molecule has 1 heterocycles. The number of aryl methyl sites for hydroxylation is 3. The zero-order valence-corrected chi connectivity index (χ0v) is 15.6. The standard InChI is InChI=1S/C21H24N2O3/c1-5-26-17-8-6-16(7-9-17)22-18-12-19(24)23(21(18)25)20-14(3)10-13(2)11-15(20)4/h6-11,18,22H,5,12H2,1-4H3/t18-/m1/s1. The quantitative estimate of drug-likeness (QED) is 0.833. The topological polar surface area (TPSA) is 58.6 Å². The summed E-state index contributed by atoms with van der Waals surface area (Å²) in [5.41, 5.74) is 4.49. The smallest absolute Gasteiger partial charge is 0.256 e. The summed E-state index contributed by atoms with van der Waals surface area (Å²) in [4.78, 5) is 26.8. The molecule has 26 heavy (non-hydrogen) atoms. The van der Waals surface area contributed by atoms with Crippen LogP contribution in [0.1, 0.15) is 30.0 Å². The first-order valence-electron chi connectivity index (χ1n) is 8.84. The maximum Gasteiger partial charge on any atom is 0.256 e. The summed E-state index contributed by atoms with van der Waals surface area (Å²) >= 11 is 0. The Hall–Kier alpha value is -2.82. The molecule has 5 heteroatoms. The van der Waals surface area contributed by atoms with Crippen LogP contribution in [-0.2, 0) is 9.59 Å². The van der Waals surface area contributed by atoms with Gasteiger partial charge in [-0.2, -0.15) is 0 Å². The van der Waals surface area contributed by atoms with Crippen molar-refractivity contribution in [1.82, 2.24) is 0 Å². The molecule has 2 aromatic carbocycles. The molecule has 136 valence electrons. The molecular formula is C21H24N2O3. The number of nitrogens with one attached hydrogen (secondary N) is 1. The third kappa shape index (κ3) is 3.43. The number of anilines is 2. The second kappa shape index (κ2) is 7.20. The van der Waals surface area contributed by atoms with Crippen molar-refractivity contribution in [3.05, 3.63) is 53.1 Å². The number of imide groups is 1. The zero-order valence-electron chi connectivity index (χ0n) is 15.6. The second-order valence-electron chi connectivity index (χ2n) is 6.67. The molecule has 0 saturated carbocycles. The summed E-state index contributed by atoms with van der Waals surface area (Å²) in [5, 5.41) is 3.17. The number of amides is 2. The normalized spacial score (nSPS) is 16.9. The predicted octanol–water partition coefficient (Wildman–Crippen LogP) is 3.75. The molecule has 1 aliphatic rings. The number of hydrogen-bond acceptors (Lipinski definition) is 4. The van der Waals surface area contributed by atoms with E-state index in [0.29, 0.717) is 12.3 Å². The molecule has 1 fully saturated rings. The molecule has 3 rings (SSSR count). The number of carbonyl (C=O) groups is 2. The summed E-state index contributed by atoms with van der Waals surface area (Å²) < 4.78 is 5.42. The van der Waals surface area contributed by atoms with Crippen molar-refractivity contribution < 1.29 is 14.3 Å². The first kappa shape index (κ1) is 18.0. The lowest BCUT2D eigenvalue weighted by Crippen LogP contribution is -2.35. The van der Waals surface area contributed by atoms with Gasteiger partial charge in [0.05, 0.1) is 18.7 Å². The van der Waals surface area contributed by atoms with Crippen LogP contribution in [0.2, 0.25) is 0 Å². The van der Waals surface area contributed by atoms with Gasteiger partial charge in [0.15, 0.2) is 0 Å². The van der Waals surface area contributed by atoms with E-state index in [-0.39, 0.29) is 18.2 Å². The lowest BCUT2D eigenvalue weighted by molar-refractivity contribution is -0.121. The predicted molar refractivity (Wildman–Crippen MR) is 103 cm³/mol. The van der Waals surface area contributed by atoms with Gasteiger partial charge in [-0.1, -0.05) is 17.7 Å². The van der Waals surface area contributed by atoms with E-state index >= 15 is 0 Å². The molecule has 0 aliphatic carbocycles. The van der Waals surface area contributed by atoms with Crippen LogP contribution in [0.15, 0.2) is 36.4 Å². The molecule has 0 aromatic heterocycles. The zero-order chi connectivity index (χ0) is 18.8. The van der Waals surface area contributed by atoms with E-state index in [2.05, 4.69) is 5.32 Å². The molecule has 5 nitrogen and oxygen atoms in total. The van der Waals surface area contributed by atoms with Gasteiger partial charge in [0.25, 0.3) is 5.91 Å². The van der Waals surface area contributed by atoms with E-state index < -0.39 is 6.04 Å². The molecule has 1 N–H and O–H groups in total. The van der Waals surface area contributed by atoms with Crippen LogP contribution in [0.4, 0.5) is 11.4 Å². The summed E-state index contributed by atoms with van der Waals surface area (Å²) in [6.07, 6.45) is 0.152. The van der Waals surface area contributed by atoms with E-state index in [0.717, 1.165) is 28.1 Å². The molecule has 0 unspecified atom stereocenters. The Labute approximate surface area is 154 Å². The average Bonchev–Trinajstić information content (AvgIpc) is 2.84. The van der Waals surface area contributed by atoms with Gasteiger partial charge in [-0.3, -0.25) is 9.59 Å². The number of ether oxygens (including phenoxy) is 1.